The molecule has 0 aliphatic rings. The summed E-state index contributed by atoms with van der Waals surface area (Å²) < 4.78 is 10.2. The van der Waals surface area contributed by atoms with Crippen molar-refractivity contribution in [1.82, 2.24) is 4.98 Å². The number of nitrogens with zero attached hydrogens (tertiary/aromatic N) is 1. The van der Waals surface area contributed by atoms with Crippen molar-refractivity contribution in [3.05, 3.63) is 59.4 Å². The molecule has 2 rings (SSSR count). The van der Waals surface area contributed by atoms with Gasteiger partial charge in [0, 0.05) is 18.5 Å². The molecule has 1 aromatic heterocycles. The molecule has 0 bridgehead atoms. The maximum Gasteiger partial charge on any atom is 0.339 e. The molecule has 6 heteroatoms. The second-order valence-corrected chi connectivity index (χ2v) is 4.54. The Morgan fingerprint density at radius 1 is 1.04 bits per heavy atom. The summed E-state index contributed by atoms with van der Waals surface area (Å²) in [5.74, 6) is -1.18. The molecular weight excluding hydrogens is 298 g/mol. The molecule has 0 spiro atoms. The van der Waals surface area contributed by atoms with Crippen LogP contribution in [0.3, 0.4) is 0 Å². The molecule has 6 nitrogen and oxygen atoms in total. The minimum atomic E-state index is -1.18. The number of benzene rings is 1. The Hall–Kier alpha value is -3.15. The fourth-order valence-corrected chi connectivity index (χ4v) is 1.99. The zero-order chi connectivity index (χ0) is 16.8. The van der Waals surface area contributed by atoms with Crippen LogP contribution in [0, 0.1) is 0 Å². The minimum absolute atomic E-state index is 0.103. The molecule has 0 amide bonds. The topological polar surface area (TPSA) is 85.7 Å². The first-order chi connectivity index (χ1) is 11.1. The second kappa shape index (κ2) is 7.22. The number of rotatable bonds is 6. The summed E-state index contributed by atoms with van der Waals surface area (Å²) in [4.78, 5) is 27.5. The third-order valence-electron chi connectivity index (χ3n) is 3.15. The van der Waals surface area contributed by atoms with E-state index in [4.69, 9.17) is 9.47 Å². The molecule has 0 atom stereocenters. The van der Waals surface area contributed by atoms with Crippen molar-refractivity contribution in [2.45, 2.75) is 0 Å². The molecule has 23 heavy (non-hydrogen) atoms. The summed E-state index contributed by atoms with van der Waals surface area (Å²) in [6.45, 7) is 0. The summed E-state index contributed by atoms with van der Waals surface area (Å²) >= 11 is 0. The number of hydrogen-bond donors (Lipinski definition) is 1. The van der Waals surface area contributed by atoms with E-state index in [0.717, 1.165) is 5.56 Å². The molecule has 118 valence electrons. The largest absolute Gasteiger partial charge is 0.496 e. The normalized spacial score (nSPS) is 10.5. The summed E-state index contributed by atoms with van der Waals surface area (Å²) in [7, 11) is 2.75. The van der Waals surface area contributed by atoms with Crippen molar-refractivity contribution in [2.75, 3.05) is 14.2 Å². The highest BCUT2D eigenvalue weighted by Gasteiger charge is 2.19. The summed E-state index contributed by atoms with van der Waals surface area (Å²) in [5, 5.41) is 9.22. The Bertz CT molecular complexity index is 753. The smallest absolute Gasteiger partial charge is 0.339 e. The van der Waals surface area contributed by atoms with Gasteiger partial charge in [0.1, 0.15) is 17.1 Å². The Morgan fingerprint density at radius 3 is 2.22 bits per heavy atom. The highest BCUT2D eigenvalue weighted by molar-refractivity contribution is 6.10. The van der Waals surface area contributed by atoms with Gasteiger partial charge in [-0.25, -0.2) is 4.79 Å². The SMILES string of the molecule is COc1cc(OC)c(C(=O)/C=C/c2ccncc2)cc1C(=O)O. The van der Waals surface area contributed by atoms with Crippen LogP contribution in [0.4, 0.5) is 0 Å². The van der Waals surface area contributed by atoms with Crippen LogP contribution in [0.5, 0.6) is 11.5 Å². The summed E-state index contributed by atoms with van der Waals surface area (Å²) in [6, 6.07) is 6.13. The van der Waals surface area contributed by atoms with Gasteiger partial charge in [0.25, 0.3) is 0 Å². The zero-order valence-electron chi connectivity index (χ0n) is 12.6. The van der Waals surface area contributed by atoms with Crippen LogP contribution in [0.15, 0.2) is 42.7 Å². The van der Waals surface area contributed by atoms with Gasteiger partial charge < -0.3 is 14.6 Å². The molecule has 1 N–H and O–H groups in total. The lowest BCUT2D eigenvalue weighted by atomic mass is 10.0. The molecule has 0 aliphatic heterocycles. The van der Waals surface area contributed by atoms with E-state index in [-0.39, 0.29) is 28.4 Å². The summed E-state index contributed by atoms with van der Waals surface area (Å²) in [5.41, 5.74) is 0.851. The van der Waals surface area contributed by atoms with Crippen LogP contribution in [-0.4, -0.2) is 36.1 Å². The number of ether oxygens (including phenoxy) is 2. The second-order valence-electron chi connectivity index (χ2n) is 4.54. The van der Waals surface area contributed by atoms with E-state index in [9.17, 15) is 14.7 Å². The van der Waals surface area contributed by atoms with Crippen LogP contribution in [0.25, 0.3) is 6.08 Å². The van der Waals surface area contributed by atoms with E-state index < -0.39 is 5.97 Å². The van der Waals surface area contributed by atoms with E-state index in [1.807, 2.05) is 0 Å². The van der Waals surface area contributed by atoms with E-state index in [1.54, 1.807) is 30.6 Å². The highest BCUT2D eigenvalue weighted by atomic mass is 16.5. The number of aromatic carboxylic acids is 1. The number of carbonyl (C=O) groups is 2. The standard InChI is InChI=1S/C17H15NO5/c1-22-15-10-16(23-2)13(17(20)21)9-12(15)14(19)4-3-11-5-7-18-8-6-11/h3-10H,1-2H3,(H,20,21)/b4-3+. The van der Waals surface area contributed by atoms with Gasteiger partial charge in [-0.1, -0.05) is 6.08 Å². The van der Waals surface area contributed by atoms with Gasteiger partial charge in [0.05, 0.1) is 19.8 Å². The van der Waals surface area contributed by atoms with E-state index in [1.165, 1.54) is 32.4 Å². The number of aromatic nitrogens is 1. The molecule has 0 saturated carbocycles. The number of ketones is 1. The molecule has 0 radical (unpaired) electrons. The number of carboxylic acids is 1. The number of carboxylic acid groups (broad SMARTS) is 1. The fraction of sp³-hybridized carbons (Fsp3) is 0.118. The molecule has 2 aromatic rings. The van der Waals surface area contributed by atoms with Crippen LogP contribution in [0.2, 0.25) is 0 Å². The van der Waals surface area contributed by atoms with E-state index in [0.29, 0.717) is 0 Å². The lowest BCUT2D eigenvalue weighted by Gasteiger charge is -2.11. The van der Waals surface area contributed by atoms with Gasteiger partial charge in [-0.15, -0.1) is 0 Å². The molecule has 1 heterocycles. The number of carbonyl (C=O) groups excluding carboxylic acids is 1. The monoisotopic (exact) mass is 313 g/mol. The molecule has 1 aromatic carbocycles. The lowest BCUT2D eigenvalue weighted by molar-refractivity contribution is 0.0693. The van der Waals surface area contributed by atoms with Gasteiger partial charge in [0.15, 0.2) is 5.78 Å². The number of allylic oxidation sites excluding steroid dienone is 1. The van der Waals surface area contributed by atoms with Gasteiger partial charge in [0.2, 0.25) is 0 Å². The van der Waals surface area contributed by atoms with Crippen molar-refractivity contribution >= 4 is 17.8 Å². The average molecular weight is 313 g/mol. The van der Waals surface area contributed by atoms with Crippen LogP contribution >= 0.6 is 0 Å². The van der Waals surface area contributed by atoms with Crippen molar-refractivity contribution in [3.8, 4) is 11.5 Å². The van der Waals surface area contributed by atoms with Crippen LogP contribution in [-0.2, 0) is 0 Å². The predicted molar refractivity (Wildman–Crippen MR) is 84.1 cm³/mol. The highest BCUT2D eigenvalue weighted by Crippen LogP contribution is 2.29. The number of hydrogen-bond acceptors (Lipinski definition) is 5. The lowest BCUT2D eigenvalue weighted by Crippen LogP contribution is -2.06. The average Bonchev–Trinajstić information content (AvgIpc) is 2.59. The Balaban J connectivity index is 2.41. The maximum absolute atomic E-state index is 12.4. The van der Waals surface area contributed by atoms with Crippen LogP contribution < -0.4 is 9.47 Å². The van der Waals surface area contributed by atoms with E-state index in [2.05, 4.69) is 4.98 Å². The summed E-state index contributed by atoms with van der Waals surface area (Å²) in [6.07, 6.45) is 6.20. The Morgan fingerprint density at radius 2 is 1.65 bits per heavy atom. The maximum atomic E-state index is 12.4. The van der Waals surface area contributed by atoms with Crippen molar-refractivity contribution in [1.29, 1.82) is 0 Å². The predicted octanol–water partition coefficient (Wildman–Crippen LogP) is 2.69. The van der Waals surface area contributed by atoms with Crippen molar-refractivity contribution in [2.24, 2.45) is 0 Å². The van der Waals surface area contributed by atoms with Gasteiger partial charge in [-0.05, 0) is 29.8 Å². The minimum Gasteiger partial charge on any atom is -0.496 e. The van der Waals surface area contributed by atoms with Crippen molar-refractivity contribution in [3.63, 3.8) is 0 Å². The quantitative estimate of drug-likeness (QED) is 0.652. The number of pyridine rings is 1. The van der Waals surface area contributed by atoms with Gasteiger partial charge in [-0.2, -0.15) is 0 Å². The third kappa shape index (κ3) is 3.74. The molecule has 0 saturated heterocycles. The van der Waals surface area contributed by atoms with Gasteiger partial charge in [-0.3, -0.25) is 9.78 Å². The van der Waals surface area contributed by atoms with Crippen molar-refractivity contribution < 1.29 is 24.2 Å². The Kier molecular flexibility index (Phi) is 5.09. The number of methoxy groups -OCH3 is 2. The third-order valence-corrected chi connectivity index (χ3v) is 3.15. The van der Waals surface area contributed by atoms with Gasteiger partial charge >= 0.3 is 5.97 Å². The fourth-order valence-electron chi connectivity index (χ4n) is 1.99. The Labute approximate surface area is 133 Å². The molecule has 0 unspecified atom stereocenters. The molecule has 0 fully saturated rings. The van der Waals surface area contributed by atoms with E-state index >= 15 is 0 Å². The first kappa shape index (κ1) is 16.2. The first-order valence-corrected chi connectivity index (χ1v) is 6.68. The van der Waals surface area contributed by atoms with Crippen LogP contribution in [0.1, 0.15) is 26.3 Å². The first-order valence-electron chi connectivity index (χ1n) is 6.68. The zero-order valence-corrected chi connectivity index (χ0v) is 12.6. The molecule has 0 aliphatic carbocycles. The molecular formula is C17H15NO5.